The van der Waals surface area contributed by atoms with Crippen molar-refractivity contribution in [2.24, 2.45) is 0 Å². The Hall–Kier alpha value is -1.36. The molecule has 0 radical (unpaired) electrons. The zero-order chi connectivity index (χ0) is 13.5. The Balaban J connectivity index is 2.55. The fourth-order valence-electron chi connectivity index (χ4n) is 1.42. The number of benzene rings is 1. The molecule has 1 aromatic rings. The van der Waals surface area contributed by atoms with Crippen LogP contribution in [0.4, 0.5) is 11.4 Å². The van der Waals surface area contributed by atoms with Gasteiger partial charge < -0.3 is 15.8 Å². The second kappa shape index (κ2) is 7.16. The lowest BCUT2D eigenvalue weighted by atomic mass is 10.2. The van der Waals surface area contributed by atoms with Crippen molar-refractivity contribution in [2.75, 3.05) is 23.9 Å². The molecule has 0 spiro atoms. The van der Waals surface area contributed by atoms with Crippen molar-refractivity contribution >= 4 is 29.0 Å². The summed E-state index contributed by atoms with van der Waals surface area (Å²) < 4.78 is 5.17. The number of rotatable bonds is 6. The zero-order valence-electron chi connectivity index (χ0n) is 11.0. The van der Waals surface area contributed by atoms with Crippen molar-refractivity contribution in [3.63, 3.8) is 0 Å². The van der Waals surface area contributed by atoms with Crippen LogP contribution in [0, 0.1) is 0 Å². The summed E-state index contributed by atoms with van der Waals surface area (Å²) in [5.74, 6) is 1.41. The monoisotopic (exact) mass is 268 g/mol. The third-order valence-electron chi connectivity index (χ3n) is 2.28. The Morgan fingerprint density at radius 1 is 1.50 bits per heavy atom. The summed E-state index contributed by atoms with van der Waals surface area (Å²) in [6, 6.07) is 5.18. The molecule has 0 fully saturated rings. The lowest BCUT2D eigenvalue weighted by molar-refractivity contribution is -0.115. The van der Waals surface area contributed by atoms with Gasteiger partial charge in [-0.15, -0.1) is 0 Å². The van der Waals surface area contributed by atoms with Gasteiger partial charge in [-0.05, 0) is 23.4 Å². The van der Waals surface area contributed by atoms with E-state index in [1.807, 2.05) is 0 Å². The van der Waals surface area contributed by atoms with Crippen LogP contribution in [-0.2, 0) is 4.79 Å². The number of thioether (sulfide) groups is 1. The van der Waals surface area contributed by atoms with Crippen LogP contribution in [0.15, 0.2) is 18.2 Å². The van der Waals surface area contributed by atoms with Gasteiger partial charge in [0.05, 0.1) is 12.8 Å². The van der Waals surface area contributed by atoms with Crippen molar-refractivity contribution in [1.29, 1.82) is 0 Å². The third kappa shape index (κ3) is 4.87. The molecule has 0 saturated carbocycles. The molecule has 1 amide bonds. The summed E-state index contributed by atoms with van der Waals surface area (Å²) in [5.41, 5.74) is 6.91. The highest BCUT2D eigenvalue weighted by atomic mass is 32.2. The van der Waals surface area contributed by atoms with Crippen LogP contribution in [0.25, 0.3) is 0 Å². The smallest absolute Gasteiger partial charge is 0.225 e. The van der Waals surface area contributed by atoms with Crippen molar-refractivity contribution in [3.05, 3.63) is 18.2 Å². The van der Waals surface area contributed by atoms with Gasteiger partial charge in [-0.25, -0.2) is 0 Å². The number of anilines is 2. The van der Waals surface area contributed by atoms with Gasteiger partial charge in [0, 0.05) is 17.9 Å². The van der Waals surface area contributed by atoms with Gasteiger partial charge >= 0.3 is 0 Å². The minimum atomic E-state index is -0.0212. The van der Waals surface area contributed by atoms with E-state index in [4.69, 9.17) is 10.5 Å². The van der Waals surface area contributed by atoms with Crippen LogP contribution >= 0.6 is 11.8 Å². The Kier molecular flexibility index (Phi) is 5.85. The molecule has 4 nitrogen and oxygen atoms in total. The number of hydrogen-bond acceptors (Lipinski definition) is 4. The average Bonchev–Trinajstić information content (AvgIpc) is 2.28. The molecule has 0 atom stereocenters. The van der Waals surface area contributed by atoms with Crippen LogP contribution in [0.2, 0.25) is 0 Å². The molecule has 0 aliphatic heterocycles. The number of ether oxygens (including phenoxy) is 1. The average molecular weight is 268 g/mol. The lowest BCUT2D eigenvalue weighted by Gasteiger charge is -2.11. The lowest BCUT2D eigenvalue weighted by Crippen LogP contribution is -2.13. The van der Waals surface area contributed by atoms with Crippen LogP contribution in [0.1, 0.15) is 20.3 Å². The predicted molar refractivity (Wildman–Crippen MR) is 78.2 cm³/mol. The number of nitrogens with one attached hydrogen (secondary N) is 1. The van der Waals surface area contributed by atoms with Crippen molar-refractivity contribution in [3.8, 4) is 5.75 Å². The van der Waals surface area contributed by atoms with E-state index in [0.29, 0.717) is 28.8 Å². The van der Waals surface area contributed by atoms with Gasteiger partial charge in [0.2, 0.25) is 5.91 Å². The van der Waals surface area contributed by atoms with Crippen molar-refractivity contribution in [1.82, 2.24) is 0 Å². The summed E-state index contributed by atoms with van der Waals surface area (Å²) in [6.45, 7) is 4.23. The largest absolute Gasteiger partial charge is 0.495 e. The topological polar surface area (TPSA) is 64.3 Å². The van der Waals surface area contributed by atoms with Gasteiger partial charge in [0.15, 0.2) is 0 Å². The Morgan fingerprint density at radius 2 is 2.22 bits per heavy atom. The first-order chi connectivity index (χ1) is 8.52. The van der Waals surface area contributed by atoms with Crippen LogP contribution in [0.3, 0.4) is 0 Å². The summed E-state index contributed by atoms with van der Waals surface area (Å²) in [7, 11) is 1.57. The molecule has 0 saturated heterocycles. The maximum atomic E-state index is 11.8. The number of carbonyl (C=O) groups excluding carboxylic acids is 1. The Bertz CT molecular complexity index is 408. The van der Waals surface area contributed by atoms with Crippen LogP contribution in [0.5, 0.6) is 5.75 Å². The second-order valence-electron chi connectivity index (χ2n) is 4.18. The van der Waals surface area contributed by atoms with E-state index in [1.165, 1.54) is 0 Å². The molecule has 1 rings (SSSR count). The maximum absolute atomic E-state index is 11.8. The minimum absolute atomic E-state index is 0.0212. The summed E-state index contributed by atoms with van der Waals surface area (Å²) in [4.78, 5) is 11.8. The summed E-state index contributed by atoms with van der Waals surface area (Å²) in [6.07, 6.45) is 0.487. The fraction of sp³-hybridized carbons (Fsp3) is 0.462. The number of methoxy groups -OCH3 is 1. The molecular formula is C13H20N2O2S. The molecule has 0 unspecified atom stereocenters. The molecule has 5 heteroatoms. The Morgan fingerprint density at radius 3 is 2.83 bits per heavy atom. The van der Waals surface area contributed by atoms with E-state index in [2.05, 4.69) is 19.2 Å². The van der Waals surface area contributed by atoms with Crippen LogP contribution < -0.4 is 15.8 Å². The molecule has 0 aromatic heterocycles. The third-order valence-corrected chi connectivity index (χ3v) is 3.38. The second-order valence-corrected chi connectivity index (χ2v) is 5.86. The normalized spacial score (nSPS) is 10.4. The Labute approximate surface area is 112 Å². The van der Waals surface area contributed by atoms with Crippen LogP contribution in [-0.4, -0.2) is 24.0 Å². The first-order valence-corrected chi connectivity index (χ1v) is 6.92. The zero-order valence-corrected chi connectivity index (χ0v) is 11.8. The van der Waals surface area contributed by atoms with E-state index in [0.717, 1.165) is 5.75 Å². The number of amides is 1. The van der Waals surface area contributed by atoms with Gasteiger partial charge in [-0.2, -0.15) is 11.8 Å². The number of nitrogen functional groups attached to an aromatic ring is 1. The van der Waals surface area contributed by atoms with E-state index >= 15 is 0 Å². The molecule has 0 aliphatic rings. The van der Waals surface area contributed by atoms with Gasteiger partial charge in [-0.3, -0.25) is 4.79 Å². The van der Waals surface area contributed by atoms with Gasteiger partial charge in [0.1, 0.15) is 5.75 Å². The molecule has 0 heterocycles. The summed E-state index contributed by atoms with van der Waals surface area (Å²) in [5, 5.41) is 3.36. The maximum Gasteiger partial charge on any atom is 0.225 e. The van der Waals surface area contributed by atoms with Crippen molar-refractivity contribution in [2.45, 2.75) is 25.5 Å². The highest BCUT2D eigenvalue weighted by Crippen LogP contribution is 2.26. The molecular weight excluding hydrogens is 248 g/mol. The SMILES string of the molecule is COc1ccc(N)cc1NC(=O)CCSC(C)C. The first-order valence-electron chi connectivity index (χ1n) is 5.88. The van der Waals surface area contributed by atoms with Gasteiger partial charge in [0.25, 0.3) is 0 Å². The summed E-state index contributed by atoms with van der Waals surface area (Å²) >= 11 is 1.77. The number of nitrogens with two attached hydrogens (primary N) is 1. The quantitative estimate of drug-likeness (QED) is 0.779. The fourth-order valence-corrected chi connectivity index (χ4v) is 2.20. The highest BCUT2D eigenvalue weighted by Gasteiger charge is 2.08. The molecule has 1 aromatic carbocycles. The molecule has 0 bridgehead atoms. The van der Waals surface area contributed by atoms with E-state index in [9.17, 15) is 4.79 Å². The first kappa shape index (κ1) is 14.7. The molecule has 100 valence electrons. The standard InChI is InChI=1S/C13H20N2O2S/c1-9(2)18-7-6-13(16)15-11-8-10(14)4-5-12(11)17-3/h4-5,8-9H,6-7,14H2,1-3H3,(H,15,16). The van der Waals surface area contributed by atoms with E-state index in [-0.39, 0.29) is 5.91 Å². The molecule has 3 N–H and O–H groups in total. The van der Waals surface area contributed by atoms with E-state index in [1.54, 1.807) is 37.1 Å². The highest BCUT2D eigenvalue weighted by molar-refractivity contribution is 7.99. The molecule has 0 aliphatic carbocycles. The molecule has 18 heavy (non-hydrogen) atoms. The number of carbonyl (C=O) groups is 1. The van der Waals surface area contributed by atoms with Crippen molar-refractivity contribution < 1.29 is 9.53 Å². The minimum Gasteiger partial charge on any atom is -0.495 e. The predicted octanol–water partition coefficient (Wildman–Crippen LogP) is 2.75. The number of hydrogen-bond donors (Lipinski definition) is 2. The van der Waals surface area contributed by atoms with E-state index < -0.39 is 0 Å². The van der Waals surface area contributed by atoms with Gasteiger partial charge in [-0.1, -0.05) is 13.8 Å².